The zero-order valence-electron chi connectivity index (χ0n) is 56.9. The lowest BCUT2D eigenvalue weighted by Gasteiger charge is -2.29. The summed E-state index contributed by atoms with van der Waals surface area (Å²) in [5.41, 5.74) is 37.0. The van der Waals surface area contributed by atoms with Crippen molar-refractivity contribution >= 4 is 80.0 Å². The van der Waals surface area contributed by atoms with E-state index in [4.69, 9.17) is 9.47 Å². The van der Waals surface area contributed by atoms with Gasteiger partial charge in [-0.2, -0.15) is 0 Å². The van der Waals surface area contributed by atoms with Crippen molar-refractivity contribution in [3.63, 3.8) is 0 Å². The number of nitrogens with zero attached hydrogens (tertiary/aromatic N) is 2. The van der Waals surface area contributed by atoms with Crippen LogP contribution in [0.25, 0.3) is 124 Å². The van der Waals surface area contributed by atoms with Crippen molar-refractivity contribution in [1.82, 2.24) is 0 Å². The average Bonchev–Trinajstić information content (AvgIpc) is 1.61. The topological polar surface area (TPSA) is 24.9 Å². The van der Waals surface area contributed by atoms with E-state index in [1.54, 1.807) is 14.2 Å². The summed E-state index contributed by atoms with van der Waals surface area (Å²) < 4.78 is 11.3. The molecule has 5 aliphatic rings. The lowest BCUT2D eigenvalue weighted by molar-refractivity contribution is 0.414. The molecule has 14 aromatic rings. The summed E-state index contributed by atoms with van der Waals surface area (Å²) in [5, 5.41) is 5.08. The van der Waals surface area contributed by atoms with Crippen molar-refractivity contribution in [1.29, 1.82) is 0 Å². The first kappa shape index (κ1) is 58.6. The second-order valence-corrected chi connectivity index (χ2v) is 29.1. The standard InChI is InChI=1S/C95H72N2O2/c1-93(2)83-51-57(23-25-59-29-43-73-75-45-35-63(55-87(75)94(3,4)85(73)53-59)96(61-31-37-65(98-7)38-32-61)89-49-47-79-69-17-11-9-15-67(69)77-19-13-21-81(89)91(77)79)27-41-71(83)72-42-28-58(52-84(72)93)24-26-60-30-44-74-76-46-36-64(56-88(76)95(5,6)86(74)54-60)97(62-33-39-66(99-8)40-34-62)90-50-48-80-70-18-12-10-16-68(70)78-20-14-22-82(90)92(78)80/h9-56H,1-8H3. The molecule has 0 aliphatic heterocycles. The highest BCUT2D eigenvalue weighted by molar-refractivity contribution is 6.20. The normalized spacial score (nSPS) is 14.4. The summed E-state index contributed by atoms with van der Waals surface area (Å²) >= 11 is 0. The van der Waals surface area contributed by atoms with E-state index in [9.17, 15) is 0 Å². The van der Waals surface area contributed by atoms with E-state index in [1.807, 2.05) is 0 Å². The van der Waals surface area contributed by atoms with Gasteiger partial charge in [0.2, 0.25) is 0 Å². The van der Waals surface area contributed by atoms with Crippen LogP contribution in [0.15, 0.2) is 267 Å². The highest BCUT2D eigenvalue weighted by Gasteiger charge is 2.40. The number of hydrogen-bond donors (Lipinski definition) is 0. The number of benzene rings is 14. The molecule has 0 fully saturated rings. The molecule has 0 bridgehead atoms. The van der Waals surface area contributed by atoms with Crippen molar-refractivity contribution in [3.05, 3.63) is 323 Å². The molecule has 0 heterocycles. The molecule has 4 nitrogen and oxygen atoms in total. The summed E-state index contributed by atoms with van der Waals surface area (Å²) in [6.45, 7) is 14.3. The van der Waals surface area contributed by atoms with Gasteiger partial charge in [0.05, 0.1) is 25.6 Å². The maximum Gasteiger partial charge on any atom is 0.119 e. The van der Waals surface area contributed by atoms with Crippen LogP contribution >= 0.6 is 0 Å². The van der Waals surface area contributed by atoms with Gasteiger partial charge in [0, 0.05) is 49.8 Å². The quantitative estimate of drug-likeness (QED) is 0.114. The first-order chi connectivity index (χ1) is 48.2. The van der Waals surface area contributed by atoms with Crippen LogP contribution < -0.4 is 19.3 Å². The number of anilines is 6. The number of hydrogen-bond acceptors (Lipinski definition) is 4. The molecule has 99 heavy (non-hydrogen) atoms. The molecule has 0 N–H and O–H groups in total. The third kappa shape index (κ3) is 8.77. The Bertz CT molecular complexity index is 5440. The van der Waals surface area contributed by atoms with Gasteiger partial charge in [-0.25, -0.2) is 0 Å². The van der Waals surface area contributed by atoms with E-state index in [2.05, 4.69) is 343 Å². The third-order valence-electron chi connectivity index (χ3n) is 22.7. The summed E-state index contributed by atoms with van der Waals surface area (Å²) in [7, 11) is 3.46. The number of ether oxygens (including phenoxy) is 2. The van der Waals surface area contributed by atoms with Gasteiger partial charge in [0.15, 0.2) is 0 Å². The SMILES string of the molecule is COc1ccc(N(c2ccc3c(c2)C(C)(C)c2cc(C=Cc4ccc5c(c4)C(C)(C)c4cc(C=Cc6ccc7c(c6)C(C)(C)c6cc(N(c8ccc(OC)cc8)c8ccc9c%10c(cccc8%10)-c8ccccc8-9)ccc6-7)ccc4-5)ccc2-3)c2ccc3c4c(cccc24)-c2ccccc2-3)cc1. The second-order valence-electron chi connectivity index (χ2n) is 29.1. The van der Waals surface area contributed by atoms with Crippen molar-refractivity contribution < 1.29 is 9.47 Å². The van der Waals surface area contributed by atoms with Crippen molar-refractivity contribution in [2.75, 3.05) is 24.0 Å². The molecule has 19 rings (SSSR count). The maximum absolute atomic E-state index is 5.67. The fourth-order valence-corrected chi connectivity index (χ4v) is 17.6. The largest absolute Gasteiger partial charge is 0.497 e. The third-order valence-corrected chi connectivity index (χ3v) is 22.7. The number of rotatable bonds is 12. The van der Waals surface area contributed by atoms with Crippen LogP contribution in [0.5, 0.6) is 11.5 Å². The summed E-state index contributed by atoms with van der Waals surface area (Å²) in [5.74, 6) is 1.67. The summed E-state index contributed by atoms with van der Waals surface area (Å²) in [6, 6.07) is 99.8. The zero-order chi connectivity index (χ0) is 66.8. The van der Waals surface area contributed by atoms with Gasteiger partial charge >= 0.3 is 0 Å². The van der Waals surface area contributed by atoms with E-state index in [0.29, 0.717) is 0 Å². The van der Waals surface area contributed by atoms with Crippen LogP contribution in [-0.2, 0) is 16.2 Å². The van der Waals surface area contributed by atoms with Crippen molar-refractivity contribution in [2.24, 2.45) is 0 Å². The Balaban J connectivity index is 0.578. The molecule has 0 spiro atoms. The van der Waals surface area contributed by atoms with Gasteiger partial charge in [-0.05, 0) is 229 Å². The maximum atomic E-state index is 5.67. The molecule has 0 atom stereocenters. The van der Waals surface area contributed by atoms with E-state index in [-0.39, 0.29) is 16.2 Å². The molecule has 0 amide bonds. The average molecular weight is 1270 g/mol. The molecule has 0 unspecified atom stereocenters. The molecule has 0 aromatic heterocycles. The molecule has 0 saturated carbocycles. The minimum atomic E-state index is -0.244. The van der Waals surface area contributed by atoms with E-state index >= 15 is 0 Å². The molecular weight excluding hydrogens is 1200 g/mol. The Labute approximate surface area is 579 Å². The number of methoxy groups -OCH3 is 2. The van der Waals surface area contributed by atoms with Crippen molar-refractivity contribution in [3.8, 4) is 89.4 Å². The molecular formula is C95H72N2O2. The van der Waals surface area contributed by atoms with E-state index in [0.717, 1.165) is 45.6 Å². The lowest BCUT2D eigenvalue weighted by Crippen LogP contribution is -2.17. The minimum Gasteiger partial charge on any atom is -0.497 e. The van der Waals surface area contributed by atoms with Gasteiger partial charge in [-0.15, -0.1) is 0 Å². The van der Waals surface area contributed by atoms with Crippen LogP contribution in [0.4, 0.5) is 34.1 Å². The smallest absolute Gasteiger partial charge is 0.119 e. The van der Waals surface area contributed by atoms with E-state index in [1.165, 1.54) is 155 Å². The second kappa shape index (κ2) is 21.6. The Morgan fingerprint density at radius 2 is 0.505 bits per heavy atom. The first-order valence-electron chi connectivity index (χ1n) is 34.7. The minimum absolute atomic E-state index is 0.185. The fourth-order valence-electron chi connectivity index (χ4n) is 17.6. The lowest BCUT2D eigenvalue weighted by atomic mass is 9.81. The highest BCUT2D eigenvalue weighted by atomic mass is 16.5. The van der Waals surface area contributed by atoms with Crippen LogP contribution in [-0.4, -0.2) is 14.2 Å². The summed E-state index contributed by atoms with van der Waals surface area (Å²) in [4.78, 5) is 4.87. The van der Waals surface area contributed by atoms with Gasteiger partial charge in [-0.1, -0.05) is 248 Å². The zero-order valence-corrected chi connectivity index (χ0v) is 56.9. The van der Waals surface area contributed by atoms with E-state index < -0.39 is 0 Å². The van der Waals surface area contributed by atoms with Crippen LogP contribution in [0.3, 0.4) is 0 Å². The van der Waals surface area contributed by atoms with Crippen molar-refractivity contribution in [2.45, 2.75) is 57.8 Å². The molecule has 4 heteroatoms. The summed E-state index contributed by atoms with van der Waals surface area (Å²) in [6.07, 6.45) is 9.20. The molecule has 14 aromatic carbocycles. The number of fused-ring (bicyclic) bond motifs is 15. The predicted octanol–water partition coefficient (Wildman–Crippen LogP) is 25.5. The molecule has 0 saturated heterocycles. The van der Waals surface area contributed by atoms with Gasteiger partial charge in [-0.3, -0.25) is 0 Å². The van der Waals surface area contributed by atoms with Gasteiger partial charge in [0.1, 0.15) is 11.5 Å². The fraction of sp³-hybridized carbons (Fsp3) is 0.116. The highest BCUT2D eigenvalue weighted by Crippen LogP contribution is 2.58. The Kier molecular flexibility index (Phi) is 12.8. The Morgan fingerprint density at radius 3 is 0.818 bits per heavy atom. The molecule has 5 aliphatic carbocycles. The van der Waals surface area contributed by atoms with Crippen LogP contribution in [0.1, 0.15) is 97.2 Å². The Hall–Kier alpha value is -11.7. The molecule has 0 radical (unpaired) electrons. The predicted molar refractivity (Wildman–Crippen MR) is 416 cm³/mol. The van der Waals surface area contributed by atoms with Crippen LogP contribution in [0.2, 0.25) is 0 Å². The van der Waals surface area contributed by atoms with Gasteiger partial charge in [0.25, 0.3) is 0 Å². The van der Waals surface area contributed by atoms with Crippen LogP contribution in [0, 0.1) is 0 Å². The Morgan fingerprint density at radius 1 is 0.242 bits per heavy atom. The monoisotopic (exact) mass is 1270 g/mol. The first-order valence-corrected chi connectivity index (χ1v) is 34.7. The molecule has 474 valence electrons. The van der Waals surface area contributed by atoms with Gasteiger partial charge < -0.3 is 19.3 Å².